The Bertz CT molecular complexity index is 1590. The van der Waals surface area contributed by atoms with Crippen LogP contribution in [0.15, 0.2) is 53.2 Å². The van der Waals surface area contributed by atoms with E-state index < -0.39 is 0 Å². The molecule has 8 nitrogen and oxygen atoms in total. The van der Waals surface area contributed by atoms with E-state index in [1.807, 2.05) is 40.4 Å². The molecule has 0 bridgehead atoms. The van der Waals surface area contributed by atoms with Gasteiger partial charge < -0.3 is 14.8 Å². The lowest BCUT2D eigenvalue weighted by atomic mass is 9.99. The molecule has 2 aromatic heterocycles. The van der Waals surface area contributed by atoms with Gasteiger partial charge in [0.05, 0.1) is 36.5 Å². The summed E-state index contributed by atoms with van der Waals surface area (Å²) in [4.78, 5) is 28.7. The Labute approximate surface area is 247 Å². The van der Waals surface area contributed by atoms with Crippen molar-refractivity contribution in [3.8, 4) is 28.4 Å². The minimum Gasteiger partial charge on any atom is -0.496 e. The van der Waals surface area contributed by atoms with Crippen LogP contribution >= 0.6 is 23.1 Å². The van der Waals surface area contributed by atoms with Gasteiger partial charge in [0.1, 0.15) is 29.6 Å². The molecule has 2 aliphatic rings. The molecular formula is C31H32N4O4S2. The number of aromatic nitrogens is 2. The van der Waals surface area contributed by atoms with E-state index in [9.17, 15) is 9.59 Å². The first kappa shape index (κ1) is 27.4. The number of methoxy groups -OCH3 is 2. The van der Waals surface area contributed by atoms with Gasteiger partial charge in [-0.3, -0.25) is 14.5 Å². The van der Waals surface area contributed by atoms with Gasteiger partial charge in [-0.15, -0.1) is 11.8 Å². The van der Waals surface area contributed by atoms with Crippen molar-refractivity contribution >= 4 is 40.7 Å². The van der Waals surface area contributed by atoms with Gasteiger partial charge in [0.2, 0.25) is 11.8 Å². The predicted molar refractivity (Wildman–Crippen MR) is 164 cm³/mol. The minimum absolute atomic E-state index is 0.0850. The summed E-state index contributed by atoms with van der Waals surface area (Å²) in [6, 6.07) is 14.0. The number of carbonyl (C=O) groups is 2. The van der Waals surface area contributed by atoms with Crippen LogP contribution in [0.5, 0.6) is 11.5 Å². The lowest BCUT2D eigenvalue weighted by Gasteiger charge is -2.24. The van der Waals surface area contributed by atoms with Gasteiger partial charge >= 0.3 is 0 Å². The first-order valence-electron chi connectivity index (χ1n) is 13.6. The predicted octanol–water partition coefficient (Wildman–Crippen LogP) is 5.68. The first-order chi connectivity index (χ1) is 19.9. The second-order valence-corrected chi connectivity index (χ2v) is 12.2. The van der Waals surface area contributed by atoms with E-state index in [4.69, 9.17) is 14.6 Å². The SMILES string of the molecule is COc1cccc(OC)c1-c1nn(-c2cccc(C)c2C)c2c1[C@H](c1ccsc1)SCC(=O)N2CC(=O)NC1CC1. The van der Waals surface area contributed by atoms with Crippen molar-refractivity contribution < 1.29 is 19.1 Å². The van der Waals surface area contributed by atoms with Crippen LogP contribution in [0.25, 0.3) is 16.9 Å². The molecule has 10 heteroatoms. The number of amides is 2. The summed E-state index contributed by atoms with van der Waals surface area (Å²) < 4.78 is 13.5. The molecule has 2 amide bonds. The Kier molecular flexibility index (Phi) is 7.52. The number of benzene rings is 2. The van der Waals surface area contributed by atoms with E-state index in [1.165, 1.54) is 0 Å². The smallest absolute Gasteiger partial charge is 0.240 e. The Morgan fingerprint density at radius 2 is 1.80 bits per heavy atom. The molecule has 6 rings (SSSR count). The summed E-state index contributed by atoms with van der Waals surface area (Å²) in [5.41, 5.74) is 6.27. The summed E-state index contributed by atoms with van der Waals surface area (Å²) in [6.07, 6.45) is 1.94. The van der Waals surface area contributed by atoms with Crippen molar-refractivity contribution in [1.29, 1.82) is 0 Å². The highest BCUT2D eigenvalue weighted by Crippen LogP contribution is 2.52. The molecule has 3 heterocycles. The molecule has 4 aromatic rings. The van der Waals surface area contributed by atoms with E-state index >= 15 is 0 Å². The summed E-state index contributed by atoms with van der Waals surface area (Å²) >= 11 is 3.16. The summed E-state index contributed by atoms with van der Waals surface area (Å²) in [7, 11) is 3.25. The van der Waals surface area contributed by atoms with Crippen molar-refractivity contribution in [3.63, 3.8) is 0 Å². The highest BCUT2D eigenvalue weighted by atomic mass is 32.2. The second-order valence-electron chi connectivity index (χ2n) is 10.3. The Morgan fingerprint density at radius 1 is 1.07 bits per heavy atom. The normalized spacial score (nSPS) is 16.7. The fourth-order valence-electron chi connectivity index (χ4n) is 5.25. The van der Waals surface area contributed by atoms with Crippen molar-refractivity contribution in [2.45, 2.75) is 38.0 Å². The molecule has 0 saturated heterocycles. The number of rotatable bonds is 8. The van der Waals surface area contributed by atoms with Gasteiger partial charge in [-0.1, -0.05) is 18.2 Å². The molecule has 41 heavy (non-hydrogen) atoms. The molecule has 0 spiro atoms. The lowest BCUT2D eigenvalue weighted by molar-refractivity contribution is -0.123. The summed E-state index contributed by atoms with van der Waals surface area (Å²) in [6.45, 7) is 4.02. The highest BCUT2D eigenvalue weighted by molar-refractivity contribution is 8.00. The van der Waals surface area contributed by atoms with E-state index in [0.717, 1.165) is 40.8 Å². The number of hydrogen-bond acceptors (Lipinski definition) is 7. The van der Waals surface area contributed by atoms with Crippen molar-refractivity contribution in [2.75, 3.05) is 31.4 Å². The molecular weight excluding hydrogens is 556 g/mol. The van der Waals surface area contributed by atoms with Crippen LogP contribution in [0.2, 0.25) is 0 Å². The molecule has 1 fully saturated rings. The number of carbonyl (C=O) groups excluding carboxylic acids is 2. The molecule has 1 N–H and O–H groups in total. The Balaban J connectivity index is 1.68. The van der Waals surface area contributed by atoms with Crippen molar-refractivity contribution in [2.24, 2.45) is 0 Å². The quantitative estimate of drug-likeness (QED) is 0.285. The number of fused-ring (bicyclic) bond motifs is 1. The topological polar surface area (TPSA) is 85.7 Å². The maximum atomic E-state index is 13.9. The zero-order chi connectivity index (χ0) is 28.7. The zero-order valence-electron chi connectivity index (χ0n) is 23.5. The third-order valence-electron chi connectivity index (χ3n) is 7.65. The average Bonchev–Trinajstić information content (AvgIpc) is 3.50. The van der Waals surface area contributed by atoms with Gasteiger partial charge in [-0.2, -0.15) is 16.4 Å². The molecule has 0 unspecified atom stereocenters. The monoisotopic (exact) mass is 588 g/mol. The van der Waals surface area contributed by atoms with Crippen LogP contribution in [0.1, 0.15) is 40.3 Å². The number of nitrogens with one attached hydrogen (secondary N) is 1. The Morgan fingerprint density at radius 3 is 2.46 bits per heavy atom. The van der Waals surface area contributed by atoms with E-state index in [2.05, 4.69) is 36.7 Å². The summed E-state index contributed by atoms with van der Waals surface area (Å²) in [5, 5.41) is 12.2. The number of aryl methyl sites for hydroxylation is 1. The van der Waals surface area contributed by atoms with Crippen LogP contribution < -0.4 is 19.7 Å². The van der Waals surface area contributed by atoms with Crippen molar-refractivity contribution in [1.82, 2.24) is 15.1 Å². The molecule has 1 aliphatic heterocycles. The van der Waals surface area contributed by atoms with Gasteiger partial charge in [-0.05, 0) is 78.4 Å². The Hall–Kier alpha value is -3.76. The van der Waals surface area contributed by atoms with E-state index in [1.54, 1.807) is 42.2 Å². The standard InChI is InChI=1S/C31H32N4O4S2/c1-18-7-5-8-22(19(18)2)35-31-28(29(33-35)27-23(38-3)9-6-10-24(27)39-4)30(20-13-14-40-16-20)41-17-26(37)34(31)15-25(36)32-21-11-12-21/h5-10,13-14,16,21,30H,11-12,15,17H2,1-4H3,(H,32,36)/t30-/m0/s1. The van der Waals surface area contributed by atoms with Crippen molar-refractivity contribution in [3.05, 3.63) is 75.5 Å². The number of thiophene rings is 1. The minimum atomic E-state index is -0.208. The lowest BCUT2D eigenvalue weighted by Crippen LogP contribution is -2.43. The van der Waals surface area contributed by atoms with Gasteiger partial charge in [0.25, 0.3) is 0 Å². The average molecular weight is 589 g/mol. The number of ether oxygens (including phenoxy) is 2. The number of anilines is 1. The number of nitrogens with zero attached hydrogens (tertiary/aromatic N) is 3. The first-order valence-corrected chi connectivity index (χ1v) is 15.5. The summed E-state index contributed by atoms with van der Waals surface area (Å²) in [5.74, 6) is 1.74. The fraction of sp³-hybridized carbons (Fsp3) is 0.323. The maximum Gasteiger partial charge on any atom is 0.240 e. The van der Waals surface area contributed by atoms with Crippen LogP contribution in [0.3, 0.4) is 0 Å². The van der Waals surface area contributed by atoms with Gasteiger partial charge in [0.15, 0.2) is 0 Å². The largest absolute Gasteiger partial charge is 0.496 e. The maximum absolute atomic E-state index is 13.9. The molecule has 212 valence electrons. The molecule has 1 saturated carbocycles. The van der Waals surface area contributed by atoms with Crippen LogP contribution in [0, 0.1) is 13.8 Å². The van der Waals surface area contributed by atoms with Gasteiger partial charge in [-0.25, -0.2) is 4.68 Å². The van der Waals surface area contributed by atoms with Crippen LogP contribution in [0.4, 0.5) is 5.82 Å². The second kappa shape index (κ2) is 11.3. The fourth-order valence-corrected chi connectivity index (χ4v) is 7.21. The zero-order valence-corrected chi connectivity index (χ0v) is 25.1. The molecule has 1 aliphatic carbocycles. The van der Waals surface area contributed by atoms with E-state index in [-0.39, 0.29) is 35.4 Å². The number of hydrogen-bond donors (Lipinski definition) is 1. The van der Waals surface area contributed by atoms with Gasteiger partial charge in [0, 0.05) is 11.6 Å². The molecule has 1 atom stereocenters. The molecule has 0 radical (unpaired) electrons. The van der Waals surface area contributed by atoms with E-state index in [0.29, 0.717) is 28.6 Å². The number of thioether (sulfide) groups is 1. The van der Waals surface area contributed by atoms with Crippen LogP contribution in [-0.2, 0) is 9.59 Å². The third kappa shape index (κ3) is 5.10. The molecule has 2 aromatic carbocycles. The third-order valence-corrected chi connectivity index (χ3v) is 9.60. The van der Waals surface area contributed by atoms with Crippen LogP contribution in [-0.4, -0.2) is 54.2 Å². The highest BCUT2D eigenvalue weighted by Gasteiger charge is 2.39.